The van der Waals surface area contributed by atoms with Gasteiger partial charge < -0.3 is 19.4 Å². The number of hydrogen-bond acceptors (Lipinski definition) is 7. The third-order valence-corrected chi connectivity index (χ3v) is 7.45. The topological polar surface area (TPSA) is 85.0 Å². The molecule has 3 heterocycles. The fourth-order valence-corrected chi connectivity index (χ4v) is 5.10. The van der Waals surface area contributed by atoms with Crippen LogP contribution in [0.5, 0.6) is 5.75 Å². The Morgan fingerprint density at radius 1 is 0.895 bits per heavy atom. The number of amides is 1. The minimum Gasteiger partial charge on any atom is -0.497 e. The third-order valence-electron chi connectivity index (χ3n) is 7.45. The van der Waals surface area contributed by atoms with E-state index in [0.717, 1.165) is 49.6 Å². The van der Waals surface area contributed by atoms with Gasteiger partial charge in [-0.2, -0.15) is 0 Å². The van der Waals surface area contributed by atoms with Crippen molar-refractivity contribution in [3.63, 3.8) is 0 Å². The Kier molecular flexibility index (Phi) is 7.93. The second-order valence-electron chi connectivity index (χ2n) is 9.85. The summed E-state index contributed by atoms with van der Waals surface area (Å²) in [4.78, 5) is 41.7. The zero-order valence-electron chi connectivity index (χ0n) is 22.2. The van der Waals surface area contributed by atoms with E-state index in [-0.39, 0.29) is 11.5 Å². The molecule has 1 aromatic heterocycles. The van der Waals surface area contributed by atoms with Gasteiger partial charge in [0.15, 0.2) is 0 Å². The zero-order valence-corrected chi connectivity index (χ0v) is 22.2. The van der Waals surface area contributed by atoms with Gasteiger partial charge in [-0.1, -0.05) is 19.1 Å². The van der Waals surface area contributed by atoms with E-state index in [0.29, 0.717) is 38.7 Å². The van der Waals surface area contributed by atoms with Gasteiger partial charge in [-0.25, -0.2) is 4.98 Å². The summed E-state index contributed by atoms with van der Waals surface area (Å²) in [5.74, 6) is 1.50. The van der Waals surface area contributed by atoms with Crippen molar-refractivity contribution < 1.29 is 9.53 Å². The van der Waals surface area contributed by atoms with Crippen molar-refractivity contribution in [3.8, 4) is 5.75 Å². The molecule has 1 amide bonds. The fraction of sp³-hybridized carbons (Fsp3) is 0.414. The van der Waals surface area contributed by atoms with Gasteiger partial charge in [0.2, 0.25) is 5.95 Å². The quantitative estimate of drug-likeness (QED) is 0.517. The molecule has 0 aliphatic carbocycles. The van der Waals surface area contributed by atoms with E-state index < -0.39 is 0 Å². The lowest BCUT2D eigenvalue weighted by molar-refractivity contribution is 0.0746. The number of aromatic amines is 1. The number of carbonyl (C=O) groups excluding carboxylic acids is 1. The van der Waals surface area contributed by atoms with Gasteiger partial charge in [-0.15, -0.1) is 0 Å². The van der Waals surface area contributed by atoms with E-state index in [1.165, 1.54) is 11.3 Å². The number of H-pyrrole nitrogens is 1. The lowest BCUT2D eigenvalue weighted by Gasteiger charge is -2.36. The summed E-state index contributed by atoms with van der Waals surface area (Å²) in [6, 6.07) is 17.6. The highest BCUT2D eigenvalue weighted by Gasteiger charge is 2.24. The van der Waals surface area contributed by atoms with Gasteiger partial charge >= 0.3 is 0 Å². The van der Waals surface area contributed by atoms with Crippen LogP contribution in [0.25, 0.3) is 0 Å². The monoisotopic (exact) mass is 516 g/mol. The van der Waals surface area contributed by atoms with Gasteiger partial charge in [-0.05, 0) is 48.4 Å². The molecule has 9 nitrogen and oxygen atoms in total. The highest BCUT2D eigenvalue weighted by molar-refractivity contribution is 5.94. The number of benzene rings is 2. The van der Waals surface area contributed by atoms with Crippen LogP contribution in [0.1, 0.15) is 28.5 Å². The minimum absolute atomic E-state index is 0.0521. The first-order chi connectivity index (χ1) is 18.5. The maximum atomic E-state index is 12.9. The number of rotatable bonds is 7. The number of anilines is 2. The van der Waals surface area contributed by atoms with Crippen molar-refractivity contribution in [2.75, 3.05) is 69.3 Å². The molecule has 2 aromatic carbocycles. The lowest BCUT2D eigenvalue weighted by atomic mass is 10.1. The summed E-state index contributed by atoms with van der Waals surface area (Å²) in [5, 5.41) is 0. The second kappa shape index (κ2) is 11.7. The first kappa shape index (κ1) is 25.8. The van der Waals surface area contributed by atoms with E-state index in [9.17, 15) is 9.59 Å². The molecule has 0 bridgehead atoms. The Morgan fingerprint density at radius 3 is 2.18 bits per heavy atom. The maximum Gasteiger partial charge on any atom is 0.253 e. The standard InChI is InChI=1S/C29H36N6O3/c1-3-22-4-6-23(7-5-22)28(37)34-16-18-35(19-17-34)29-30-24(20-27(36)31-29)21-32-12-14-33(15-13-32)25-8-10-26(38-2)11-9-25/h4-11,20H,3,12-19,21H2,1-2H3,(H,30,31,36). The van der Waals surface area contributed by atoms with Crippen molar-refractivity contribution in [1.29, 1.82) is 0 Å². The number of hydrogen-bond donors (Lipinski definition) is 1. The molecule has 0 radical (unpaired) electrons. The van der Waals surface area contributed by atoms with Gasteiger partial charge in [0.05, 0.1) is 12.8 Å². The molecule has 3 aromatic rings. The Balaban J connectivity index is 1.15. The average Bonchev–Trinajstić information content (AvgIpc) is 2.97. The molecule has 38 heavy (non-hydrogen) atoms. The number of piperazine rings is 2. The van der Waals surface area contributed by atoms with Crippen LogP contribution in [-0.4, -0.2) is 85.1 Å². The molecule has 0 unspecified atom stereocenters. The second-order valence-corrected chi connectivity index (χ2v) is 9.85. The zero-order chi connectivity index (χ0) is 26.5. The van der Waals surface area contributed by atoms with Crippen LogP contribution < -0.4 is 20.1 Å². The van der Waals surface area contributed by atoms with Crippen LogP contribution in [0, 0.1) is 0 Å². The van der Waals surface area contributed by atoms with Crippen LogP contribution in [0.2, 0.25) is 0 Å². The fourth-order valence-electron chi connectivity index (χ4n) is 5.10. The highest BCUT2D eigenvalue weighted by Crippen LogP contribution is 2.21. The predicted octanol–water partition coefficient (Wildman–Crippen LogP) is 2.63. The molecule has 2 saturated heterocycles. The van der Waals surface area contributed by atoms with Gasteiger partial charge in [0.1, 0.15) is 5.75 Å². The summed E-state index contributed by atoms with van der Waals surface area (Å²) in [6.07, 6.45) is 0.956. The Labute approximate surface area is 223 Å². The van der Waals surface area contributed by atoms with Crippen LogP contribution in [0.4, 0.5) is 11.6 Å². The predicted molar refractivity (Wildman–Crippen MR) is 149 cm³/mol. The summed E-state index contributed by atoms with van der Waals surface area (Å²) < 4.78 is 5.26. The minimum atomic E-state index is -0.142. The van der Waals surface area contributed by atoms with E-state index in [1.807, 2.05) is 41.3 Å². The number of nitrogens with one attached hydrogen (secondary N) is 1. The first-order valence-electron chi connectivity index (χ1n) is 13.4. The Bertz CT molecular complexity index is 1270. The molecule has 0 spiro atoms. The molecule has 5 rings (SSSR count). The molecule has 2 aliphatic heterocycles. The normalized spacial score (nSPS) is 16.5. The molecule has 9 heteroatoms. The van der Waals surface area contributed by atoms with E-state index >= 15 is 0 Å². The number of carbonyl (C=O) groups is 1. The van der Waals surface area contributed by atoms with E-state index in [1.54, 1.807) is 13.2 Å². The third kappa shape index (κ3) is 5.99. The molecule has 200 valence electrons. The molecule has 0 atom stereocenters. The van der Waals surface area contributed by atoms with Crippen molar-refractivity contribution in [3.05, 3.63) is 81.8 Å². The van der Waals surface area contributed by atoms with Crippen LogP contribution in [-0.2, 0) is 13.0 Å². The Hall–Kier alpha value is -3.85. The highest BCUT2D eigenvalue weighted by atomic mass is 16.5. The van der Waals surface area contributed by atoms with Crippen molar-refractivity contribution in [1.82, 2.24) is 19.8 Å². The smallest absolute Gasteiger partial charge is 0.253 e. The van der Waals surface area contributed by atoms with Crippen molar-refractivity contribution in [2.24, 2.45) is 0 Å². The number of aromatic nitrogens is 2. The van der Waals surface area contributed by atoms with Crippen molar-refractivity contribution in [2.45, 2.75) is 19.9 Å². The SMILES string of the molecule is CCc1ccc(C(=O)N2CCN(c3nc(CN4CCN(c5ccc(OC)cc5)CC4)cc(=O)[nH]3)CC2)cc1. The van der Waals surface area contributed by atoms with Crippen LogP contribution in [0.15, 0.2) is 59.4 Å². The van der Waals surface area contributed by atoms with Crippen molar-refractivity contribution >= 4 is 17.5 Å². The Morgan fingerprint density at radius 2 is 1.55 bits per heavy atom. The van der Waals surface area contributed by atoms with E-state index in [4.69, 9.17) is 9.72 Å². The molecular formula is C29H36N6O3. The van der Waals surface area contributed by atoms with Gasteiger partial charge in [-0.3, -0.25) is 19.5 Å². The largest absolute Gasteiger partial charge is 0.497 e. The van der Waals surface area contributed by atoms with E-state index in [2.05, 4.69) is 38.7 Å². The maximum absolute atomic E-state index is 12.9. The number of aryl methyl sites for hydroxylation is 1. The summed E-state index contributed by atoms with van der Waals surface area (Å²) in [6.45, 7) is 8.82. The van der Waals surface area contributed by atoms with Gasteiger partial charge in [0.25, 0.3) is 11.5 Å². The first-order valence-corrected chi connectivity index (χ1v) is 13.4. The van der Waals surface area contributed by atoms with Crippen LogP contribution in [0.3, 0.4) is 0 Å². The number of nitrogens with zero attached hydrogens (tertiary/aromatic N) is 5. The average molecular weight is 517 g/mol. The number of ether oxygens (including phenoxy) is 1. The molecule has 2 fully saturated rings. The molecule has 2 aliphatic rings. The molecule has 1 N–H and O–H groups in total. The number of methoxy groups -OCH3 is 1. The summed E-state index contributed by atoms with van der Waals surface area (Å²) in [5.41, 5.74) is 3.77. The summed E-state index contributed by atoms with van der Waals surface area (Å²) >= 11 is 0. The van der Waals surface area contributed by atoms with Gasteiger partial charge in [0, 0.05) is 76.2 Å². The van der Waals surface area contributed by atoms with Crippen LogP contribution >= 0.6 is 0 Å². The lowest BCUT2D eigenvalue weighted by Crippen LogP contribution is -2.49. The summed E-state index contributed by atoms with van der Waals surface area (Å²) in [7, 11) is 1.68. The molecular weight excluding hydrogens is 480 g/mol. The molecule has 0 saturated carbocycles.